The molecule has 0 aliphatic heterocycles. The van der Waals surface area contributed by atoms with Gasteiger partial charge in [-0.2, -0.15) is 0 Å². The predicted octanol–water partition coefficient (Wildman–Crippen LogP) is 4.40. The van der Waals surface area contributed by atoms with Crippen LogP contribution in [0.1, 0.15) is 12.0 Å². The Morgan fingerprint density at radius 2 is 2.06 bits per heavy atom. The Balaban J connectivity index is 2.55. The van der Waals surface area contributed by atoms with Gasteiger partial charge >= 0.3 is 5.97 Å². The van der Waals surface area contributed by atoms with E-state index in [1.807, 2.05) is 24.3 Å². The number of alkyl halides is 2. The van der Waals surface area contributed by atoms with Crippen LogP contribution in [0.2, 0.25) is 0 Å². The van der Waals surface area contributed by atoms with Gasteiger partial charge in [-0.3, -0.25) is 0 Å². The maximum absolute atomic E-state index is 10.2. The molecule has 0 heterocycles. The molecule has 0 radical (unpaired) electrons. The first kappa shape index (κ1) is 15.7. The molecule has 0 aromatic heterocycles. The van der Waals surface area contributed by atoms with Crippen LogP contribution in [0, 0.1) is 0 Å². The number of ether oxygens (including phenoxy) is 1. The van der Waals surface area contributed by atoms with Gasteiger partial charge in [-0.25, -0.2) is 4.79 Å². The number of carboxylic acids is 1. The van der Waals surface area contributed by atoms with Gasteiger partial charge in [0.25, 0.3) is 0 Å². The van der Waals surface area contributed by atoms with Crippen LogP contribution in [0.25, 0.3) is 0 Å². The summed E-state index contributed by atoms with van der Waals surface area (Å²) in [5.74, 6) is -1.02. The molecule has 0 spiro atoms. The topological polar surface area (TPSA) is 46.5 Å². The molecule has 3 nitrogen and oxygen atoms in total. The molecule has 0 unspecified atom stereocenters. The fraction of sp³-hybridized carbons (Fsp3) is 0.250. The third kappa shape index (κ3) is 5.12. The molecular formula is C12H11Br3O3. The quantitative estimate of drug-likeness (QED) is 0.307. The highest BCUT2D eigenvalue weighted by Crippen LogP contribution is 2.44. The summed E-state index contributed by atoms with van der Waals surface area (Å²) in [5.41, 5.74) is 1.05. The Hall–Kier alpha value is -0.330. The van der Waals surface area contributed by atoms with Crippen molar-refractivity contribution in [3.8, 4) is 0 Å². The van der Waals surface area contributed by atoms with Crippen LogP contribution in [-0.2, 0) is 12.8 Å². The van der Waals surface area contributed by atoms with Crippen LogP contribution < -0.4 is 0 Å². The predicted molar refractivity (Wildman–Crippen MR) is 81.0 cm³/mol. The molecule has 0 aliphatic rings. The Kier molecular flexibility index (Phi) is 6.38. The Morgan fingerprint density at radius 3 is 2.67 bits per heavy atom. The van der Waals surface area contributed by atoms with Crippen LogP contribution in [-0.4, -0.2) is 17.7 Å². The fourth-order valence-electron chi connectivity index (χ4n) is 1.25. The second-order valence-electron chi connectivity index (χ2n) is 3.45. The summed E-state index contributed by atoms with van der Waals surface area (Å²) in [6.07, 6.45) is 2.78. The van der Waals surface area contributed by atoms with Crippen molar-refractivity contribution in [3.05, 3.63) is 46.6 Å². The lowest BCUT2D eigenvalue weighted by atomic mass is 10.1. The molecule has 0 saturated heterocycles. The van der Waals surface area contributed by atoms with Crippen molar-refractivity contribution in [2.45, 2.75) is 9.65 Å². The van der Waals surface area contributed by atoms with E-state index in [2.05, 4.69) is 47.8 Å². The smallest absolute Gasteiger partial charge is 0.331 e. The molecule has 0 amide bonds. The number of aliphatic carboxylic acids is 1. The highest BCUT2D eigenvalue weighted by molar-refractivity contribution is 9.24. The minimum absolute atomic E-state index is 0.390. The highest BCUT2D eigenvalue weighted by atomic mass is 79.9. The second-order valence-corrected chi connectivity index (χ2v) is 8.07. The highest BCUT2D eigenvalue weighted by Gasteiger charge is 2.27. The second kappa shape index (κ2) is 7.31. The van der Waals surface area contributed by atoms with Crippen LogP contribution in [0.4, 0.5) is 0 Å². The number of carboxylic acid groups (broad SMARTS) is 1. The van der Waals surface area contributed by atoms with E-state index in [4.69, 9.17) is 9.84 Å². The van der Waals surface area contributed by atoms with Gasteiger partial charge < -0.3 is 9.84 Å². The summed E-state index contributed by atoms with van der Waals surface area (Å²) in [6, 6.07) is 7.83. The van der Waals surface area contributed by atoms with Gasteiger partial charge in [-0.05, 0) is 11.6 Å². The standard InChI is InChI=1S/C12H11Br3O3/c13-10-4-2-1-3-9(10)12(14,15)6-8-18-7-5-11(16)17/h1-5,7H,6,8H2,(H,16,17). The molecular weight excluding hydrogens is 432 g/mol. The number of hydrogen-bond donors (Lipinski definition) is 1. The molecule has 1 rings (SSSR count). The lowest BCUT2D eigenvalue weighted by Gasteiger charge is -2.21. The van der Waals surface area contributed by atoms with Crippen molar-refractivity contribution < 1.29 is 14.6 Å². The third-order valence-electron chi connectivity index (χ3n) is 2.11. The van der Waals surface area contributed by atoms with Gasteiger partial charge in [0.2, 0.25) is 0 Å². The Bertz CT molecular complexity index is 444. The average Bonchev–Trinajstić information content (AvgIpc) is 2.28. The van der Waals surface area contributed by atoms with Gasteiger partial charge in [-0.15, -0.1) is 0 Å². The molecule has 0 fully saturated rings. The zero-order valence-electron chi connectivity index (χ0n) is 9.28. The zero-order valence-corrected chi connectivity index (χ0v) is 14.0. The van der Waals surface area contributed by atoms with Crippen LogP contribution in [0.5, 0.6) is 0 Å². The van der Waals surface area contributed by atoms with Crippen LogP contribution >= 0.6 is 47.8 Å². The number of rotatable bonds is 6. The third-order valence-corrected chi connectivity index (χ3v) is 4.45. The van der Waals surface area contributed by atoms with E-state index >= 15 is 0 Å². The normalized spacial score (nSPS) is 11.7. The van der Waals surface area contributed by atoms with E-state index in [0.29, 0.717) is 13.0 Å². The summed E-state index contributed by atoms with van der Waals surface area (Å²) < 4.78 is 5.69. The fourth-order valence-corrected chi connectivity index (χ4v) is 3.42. The van der Waals surface area contributed by atoms with Crippen LogP contribution in [0.3, 0.4) is 0 Å². The van der Waals surface area contributed by atoms with Gasteiger partial charge in [-0.1, -0.05) is 66.0 Å². The Labute approximate surface area is 131 Å². The van der Waals surface area contributed by atoms with E-state index in [9.17, 15) is 4.79 Å². The van der Waals surface area contributed by atoms with Crippen molar-refractivity contribution >= 4 is 53.8 Å². The summed E-state index contributed by atoms with van der Waals surface area (Å²) in [7, 11) is 0. The number of carbonyl (C=O) groups is 1. The SMILES string of the molecule is O=C(O)C=COCCC(Br)(Br)c1ccccc1Br. The molecule has 0 bridgehead atoms. The molecule has 1 aromatic carbocycles. The molecule has 0 saturated carbocycles. The van der Waals surface area contributed by atoms with Crippen molar-refractivity contribution in [3.63, 3.8) is 0 Å². The first-order valence-electron chi connectivity index (χ1n) is 5.07. The lowest BCUT2D eigenvalue weighted by Crippen LogP contribution is -2.12. The van der Waals surface area contributed by atoms with E-state index in [-0.39, 0.29) is 0 Å². The minimum atomic E-state index is -1.02. The van der Waals surface area contributed by atoms with E-state index in [0.717, 1.165) is 16.1 Å². The molecule has 1 aromatic rings. The Morgan fingerprint density at radius 1 is 1.39 bits per heavy atom. The van der Waals surface area contributed by atoms with Crippen molar-refractivity contribution in [1.29, 1.82) is 0 Å². The summed E-state index contributed by atoms with van der Waals surface area (Å²) in [4.78, 5) is 10.2. The van der Waals surface area contributed by atoms with Crippen molar-refractivity contribution in [2.75, 3.05) is 6.61 Å². The number of hydrogen-bond acceptors (Lipinski definition) is 2. The molecule has 18 heavy (non-hydrogen) atoms. The number of benzene rings is 1. The molecule has 0 aliphatic carbocycles. The summed E-state index contributed by atoms with van der Waals surface area (Å²) >= 11 is 10.7. The largest absolute Gasteiger partial charge is 0.501 e. The van der Waals surface area contributed by atoms with E-state index in [1.54, 1.807) is 0 Å². The number of halogens is 3. The molecule has 98 valence electrons. The van der Waals surface area contributed by atoms with E-state index < -0.39 is 9.20 Å². The first-order valence-corrected chi connectivity index (χ1v) is 7.45. The van der Waals surface area contributed by atoms with Gasteiger partial charge in [0.15, 0.2) is 0 Å². The van der Waals surface area contributed by atoms with Gasteiger partial charge in [0.1, 0.15) is 3.23 Å². The summed E-state index contributed by atoms with van der Waals surface area (Å²) in [5, 5.41) is 8.40. The minimum Gasteiger partial charge on any atom is -0.501 e. The molecule has 6 heteroatoms. The maximum Gasteiger partial charge on any atom is 0.331 e. The van der Waals surface area contributed by atoms with Crippen molar-refractivity contribution in [1.82, 2.24) is 0 Å². The first-order chi connectivity index (χ1) is 8.43. The van der Waals surface area contributed by atoms with Gasteiger partial charge in [0, 0.05) is 10.9 Å². The van der Waals surface area contributed by atoms with Crippen LogP contribution in [0.15, 0.2) is 41.1 Å². The molecule has 1 N–H and O–H groups in total. The summed E-state index contributed by atoms with van der Waals surface area (Å²) in [6.45, 7) is 0.390. The van der Waals surface area contributed by atoms with E-state index in [1.165, 1.54) is 6.26 Å². The lowest BCUT2D eigenvalue weighted by molar-refractivity contribution is -0.131. The molecule has 0 atom stereocenters. The zero-order chi connectivity index (χ0) is 13.6. The van der Waals surface area contributed by atoms with Gasteiger partial charge in [0.05, 0.1) is 18.9 Å². The van der Waals surface area contributed by atoms with Crippen molar-refractivity contribution in [2.24, 2.45) is 0 Å². The monoisotopic (exact) mass is 440 g/mol. The average molecular weight is 443 g/mol. The maximum atomic E-state index is 10.2.